The molecule has 0 heterocycles. The van der Waals surface area contributed by atoms with E-state index in [-0.39, 0.29) is 5.82 Å². The van der Waals surface area contributed by atoms with Crippen molar-refractivity contribution in [2.45, 2.75) is 6.92 Å². The van der Waals surface area contributed by atoms with Gasteiger partial charge in [0.1, 0.15) is 11.6 Å². The van der Waals surface area contributed by atoms with Gasteiger partial charge < -0.3 is 4.74 Å². The van der Waals surface area contributed by atoms with Crippen molar-refractivity contribution in [1.82, 2.24) is 0 Å². The first-order valence-electron chi connectivity index (χ1n) is 3.32. The van der Waals surface area contributed by atoms with Crippen molar-refractivity contribution in [3.05, 3.63) is 28.5 Å². The average Bonchev–Trinajstić information content (AvgIpc) is 1.99. The second kappa shape index (κ2) is 3.72. The molecule has 0 radical (unpaired) electrons. The predicted molar refractivity (Wildman–Crippen MR) is 45.3 cm³/mol. The number of hydrogen-bond donors (Lipinski definition) is 0. The molecule has 1 nitrogen and oxygen atoms in total. The van der Waals surface area contributed by atoms with E-state index in [4.69, 9.17) is 4.74 Å². The summed E-state index contributed by atoms with van der Waals surface area (Å²) in [5, 5.41) is 0. The molecule has 0 aromatic heterocycles. The van der Waals surface area contributed by atoms with Gasteiger partial charge in [0.2, 0.25) is 0 Å². The van der Waals surface area contributed by atoms with Gasteiger partial charge in [-0.05, 0) is 35.0 Å². The van der Waals surface area contributed by atoms with Crippen LogP contribution in [0.3, 0.4) is 0 Å². The Hall–Kier alpha value is -0.570. The van der Waals surface area contributed by atoms with Crippen LogP contribution < -0.4 is 4.74 Å². The summed E-state index contributed by atoms with van der Waals surface area (Å²) in [6, 6.07) is 4.72. The molecule has 0 bridgehead atoms. The number of halogens is 2. The van der Waals surface area contributed by atoms with Crippen molar-refractivity contribution in [2.24, 2.45) is 0 Å². The van der Waals surface area contributed by atoms with Crippen molar-refractivity contribution in [3.8, 4) is 5.75 Å². The summed E-state index contributed by atoms with van der Waals surface area (Å²) >= 11 is 3.08. The zero-order valence-corrected chi connectivity index (χ0v) is 7.69. The largest absolute Gasteiger partial charge is 0.493 e. The molecular weight excluding hydrogens is 211 g/mol. The molecule has 11 heavy (non-hydrogen) atoms. The summed E-state index contributed by atoms with van der Waals surface area (Å²) in [6.07, 6.45) is 0. The third kappa shape index (κ3) is 1.93. The van der Waals surface area contributed by atoms with Gasteiger partial charge in [0.15, 0.2) is 0 Å². The molecule has 3 heteroatoms. The van der Waals surface area contributed by atoms with E-state index in [0.29, 0.717) is 16.8 Å². The number of hydrogen-bond acceptors (Lipinski definition) is 1. The Morgan fingerprint density at radius 1 is 1.55 bits per heavy atom. The molecule has 1 aromatic carbocycles. The molecule has 0 aliphatic rings. The molecule has 0 N–H and O–H groups in total. The van der Waals surface area contributed by atoms with E-state index in [1.807, 2.05) is 6.92 Å². The maximum absolute atomic E-state index is 12.8. The Kier molecular flexibility index (Phi) is 2.88. The second-order valence-corrected chi connectivity index (χ2v) is 2.78. The second-order valence-electron chi connectivity index (χ2n) is 1.98. The van der Waals surface area contributed by atoms with Crippen molar-refractivity contribution >= 4 is 15.9 Å². The first-order chi connectivity index (χ1) is 5.25. The van der Waals surface area contributed by atoms with Crippen molar-refractivity contribution in [2.75, 3.05) is 6.61 Å². The van der Waals surface area contributed by atoms with E-state index in [1.165, 1.54) is 6.07 Å². The normalized spacial score (nSPS) is 9.73. The van der Waals surface area contributed by atoms with Crippen LogP contribution in [-0.2, 0) is 0 Å². The lowest BCUT2D eigenvalue weighted by Crippen LogP contribution is -1.93. The van der Waals surface area contributed by atoms with Crippen LogP contribution in [0.1, 0.15) is 6.92 Å². The summed E-state index contributed by atoms with van der Waals surface area (Å²) in [7, 11) is 0. The number of benzene rings is 1. The van der Waals surface area contributed by atoms with Gasteiger partial charge in [-0.25, -0.2) is 4.39 Å². The van der Waals surface area contributed by atoms with E-state index >= 15 is 0 Å². The van der Waals surface area contributed by atoms with Crippen molar-refractivity contribution in [1.29, 1.82) is 0 Å². The van der Waals surface area contributed by atoms with Gasteiger partial charge >= 0.3 is 0 Å². The Balaban J connectivity index is 2.96. The van der Waals surface area contributed by atoms with E-state index in [1.54, 1.807) is 12.1 Å². The highest BCUT2D eigenvalue weighted by Crippen LogP contribution is 2.26. The van der Waals surface area contributed by atoms with Gasteiger partial charge in [0.25, 0.3) is 0 Å². The highest BCUT2D eigenvalue weighted by atomic mass is 79.9. The van der Waals surface area contributed by atoms with E-state index in [9.17, 15) is 4.39 Å². The SMILES string of the molecule is CCOc1cccc(F)c1Br. The monoisotopic (exact) mass is 218 g/mol. The highest BCUT2D eigenvalue weighted by Gasteiger charge is 2.03. The maximum atomic E-state index is 12.8. The van der Waals surface area contributed by atoms with Crippen LogP contribution in [0, 0.1) is 5.82 Å². The summed E-state index contributed by atoms with van der Waals surface area (Å²) in [6.45, 7) is 2.40. The van der Waals surface area contributed by atoms with Crippen LogP contribution >= 0.6 is 15.9 Å². The molecule has 0 aliphatic carbocycles. The summed E-state index contributed by atoms with van der Waals surface area (Å²) in [5.74, 6) is 0.253. The summed E-state index contributed by atoms with van der Waals surface area (Å²) < 4.78 is 18.3. The van der Waals surface area contributed by atoms with Gasteiger partial charge in [-0.1, -0.05) is 6.07 Å². The quantitative estimate of drug-likeness (QED) is 0.742. The smallest absolute Gasteiger partial charge is 0.141 e. The first-order valence-corrected chi connectivity index (χ1v) is 4.11. The lowest BCUT2D eigenvalue weighted by Gasteiger charge is -2.04. The standard InChI is InChI=1S/C8H8BrFO/c1-2-11-7-5-3-4-6(10)8(7)9/h3-5H,2H2,1H3. The van der Waals surface area contributed by atoms with Crippen molar-refractivity contribution < 1.29 is 9.13 Å². The van der Waals surface area contributed by atoms with Crippen LogP contribution in [-0.4, -0.2) is 6.61 Å². The Morgan fingerprint density at radius 2 is 2.27 bits per heavy atom. The fourth-order valence-corrected chi connectivity index (χ4v) is 1.13. The van der Waals surface area contributed by atoms with E-state index in [0.717, 1.165) is 0 Å². The summed E-state index contributed by atoms with van der Waals surface area (Å²) in [5.41, 5.74) is 0. The van der Waals surface area contributed by atoms with Crippen molar-refractivity contribution in [3.63, 3.8) is 0 Å². The van der Waals surface area contributed by atoms with Gasteiger partial charge in [-0.15, -0.1) is 0 Å². The minimum atomic E-state index is -0.295. The van der Waals surface area contributed by atoms with Crippen LogP contribution in [0.15, 0.2) is 22.7 Å². The fourth-order valence-electron chi connectivity index (χ4n) is 0.751. The van der Waals surface area contributed by atoms with Gasteiger partial charge in [0.05, 0.1) is 11.1 Å². The molecule has 1 aromatic rings. The Bertz CT molecular complexity index is 250. The molecule has 0 atom stereocenters. The molecule has 60 valence electrons. The molecule has 0 saturated carbocycles. The molecule has 0 saturated heterocycles. The first kappa shape index (κ1) is 8.53. The predicted octanol–water partition coefficient (Wildman–Crippen LogP) is 2.99. The number of rotatable bonds is 2. The van der Waals surface area contributed by atoms with Crippen LogP contribution in [0.25, 0.3) is 0 Å². The van der Waals surface area contributed by atoms with Crippen LogP contribution in [0.5, 0.6) is 5.75 Å². The molecule has 0 amide bonds. The third-order valence-corrected chi connectivity index (χ3v) is 1.99. The Labute approximate surface area is 73.3 Å². The van der Waals surface area contributed by atoms with Crippen LogP contribution in [0.2, 0.25) is 0 Å². The lowest BCUT2D eigenvalue weighted by molar-refractivity contribution is 0.335. The van der Waals surface area contributed by atoms with Crippen LogP contribution in [0.4, 0.5) is 4.39 Å². The van der Waals surface area contributed by atoms with Gasteiger partial charge in [-0.3, -0.25) is 0 Å². The molecule has 1 rings (SSSR count). The molecule has 0 fully saturated rings. The average molecular weight is 219 g/mol. The fraction of sp³-hybridized carbons (Fsp3) is 0.250. The third-order valence-electron chi connectivity index (χ3n) is 1.22. The molecular formula is C8H8BrFO. The zero-order valence-electron chi connectivity index (χ0n) is 6.10. The maximum Gasteiger partial charge on any atom is 0.141 e. The topological polar surface area (TPSA) is 9.23 Å². The lowest BCUT2D eigenvalue weighted by atomic mass is 10.3. The molecule has 0 aliphatic heterocycles. The minimum absolute atomic E-state index is 0.295. The van der Waals surface area contributed by atoms with E-state index < -0.39 is 0 Å². The minimum Gasteiger partial charge on any atom is -0.493 e. The number of ether oxygens (including phenoxy) is 1. The Morgan fingerprint density at radius 3 is 2.91 bits per heavy atom. The summed E-state index contributed by atoms with van der Waals surface area (Å²) in [4.78, 5) is 0. The van der Waals surface area contributed by atoms with E-state index in [2.05, 4.69) is 15.9 Å². The van der Waals surface area contributed by atoms with Gasteiger partial charge in [0, 0.05) is 0 Å². The molecule has 0 spiro atoms. The zero-order chi connectivity index (χ0) is 8.27. The highest BCUT2D eigenvalue weighted by molar-refractivity contribution is 9.10. The molecule has 0 unspecified atom stereocenters. The van der Waals surface area contributed by atoms with Gasteiger partial charge in [-0.2, -0.15) is 0 Å².